The van der Waals surface area contributed by atoms with Gasteiger partial charge in [-0.15, -0.1) is 0 Å². The summed E-state index contributed by atoms with van der Waals surface area (Å²) >= 11 is 0. The van der Waals surface area contributed by atoms with Crippen LogP contribution in [0.2, 0.25) is 0 Å². The van der Waals surface area contributed by atoms with Crippen LogP contribution in [0, 0.1) is 0 Å². The number of rotatable bonds is 2. The van der Waals surface area contributed by atoms with Crippen molar-refractivity contribution in [2.45, 2.75) is 0 Å². The Hall–Kier alpha value is -2.56. The number of para-hydroxylation sites is 1. The van der Waals surface area contributed by atoms with Gasteiger partial charge in [0, 0.05) is 10.9 Å². The molecule has 0 bridgehead atoms. The summed E-state index contributed by atoms with van der Waals surface area (Å²) in [7, 11) is -1.65. The second-order valence-corrected chi connectivity index (χ2v) is 5.24. The lowest BCUT2D eigenvalue weighted by Gasteiger charge is -2.07. The predicted molar refractivity (Wildman–Crippen MR) is 89.0 cm³/mol. The van der Waals surface area contributed by atoms with E-state index in [2.05, 4.69) is 0 Å². The van der Waals surface area contributed by atoms with Gasteiger partial charge in [0.05, 0.1) is 0 Å². The van der Waals surface area contributed by atoms with Crippen LogP contribution < -0.4 is 5.66 Å². The van der Waals surface area contributed by atoms with Gasteiger partial charge >= 0.3 is 7.12 Å². The van der Waals surface area contributed by atoms with E-state index in [0.29, 0.717) is 5.58 Å². The van der Waals surface area contributed by atoms with Gasteiger partial charge in [-0.3, -0.25) is 0 Å². The minimum Gasteiger partial charge on any atom is -0.464 e. The minimum absolute atomic E-state index is 0.178. The van der Waals surface area contributed by atoms with Gasteiger partial charge in [-0.2, -0.15) is 0 Å². The van der Waals surface area contributed by atoms with Gasteiger partial charge in [0.25, 0.3) is 0 Å². The predicted octanol–water partition coefficient (Wildman–Crippen LogP) is 2.93. The number of benzene rings is 3. The highest BCUT2D eigenvalue weighted by Crippen LogP contribution is 2.34. The molecule has 1 aromatic heterocycles. The van der Waals surface area contributed by atoms with Gasteiger partial charge in [0.2, 0.25) is 0 Å². The monoisotopic (exact) mass is 288 g/mol. The van der Waals surface area contributed by atoms with Gasteiger partial charge in [-0.25, -0.2) is 0 Å². The molecule has 0 aliphatic rings. The molecule has 4 aromatic rings. The number of hydrogen-bond donors (Lipinski definition) is 2. The van der Waals surface area contributed by atoms with Crippen molar-refractivity contribution in [1.29, 1.82) is 0 Å². The summed E-state index contributed by atoms with van der Waals surface area (Å²) in [5.74, 6) is 0. The molecule has 3 aromatic carbocycles. The SMILES string of the molecule is OB(O)c1oc2ccccc2c1-c1cccc2ccccc12. The lowest BCUT2D eigenvalue weighted by Crippen LogP contribution is -2.30. The fourth-order valence-electron chi connectivity index (χ4n) is 2.97. The van der Waals surface area contributed by atoms with Crippen molar-refractivity contribution in [1.82, 2.24) is 0 Å². The number of hydrogen-bond acceptors (Lipinski definition) is 3. The van der Waals surface area contributed by atoms with Crippen molar-refractivity contribution in [3.8, 4) is 11.1 Å². The number of fused-ring (bicyclic) bond motifs is 2. The average Bonchev–Trinajstić information content (AvgIpc) is 2.94. The summed E-state index contributed by atoms with van der Waals surface area (Å²) in [5, 5.41) is 22.4. The molecule has 2 N–H and O–H groups in total. The van der Waals surface area contributed by atoms with Crippen LogP contribution in [-0.4, -0.2) is 17.2 Å². The Balaban J connectivity index is 2.14. The van der Waals surface area contributed by atoms with Gasteiger partial charge in [0.15, 0.2) is 0 Å². The van der Waals surface area contributed by atoms with Crippen LogP contribution in [0.5, 0.6) is 0 Å². The largest absolute Gasteiger partial charge is 0.527 e. The van der Waals surface area contributed by atoms with E-state index in [1.807, 2.05) is 66.7 Å². The van der Waals surface area contributed by atoms with Crippen molar-refractivity contribution in [2.75, 3.05) is 0 Å². The molecule has 0 spiro atoms. The van der Waals surface area contributed by atoms with Crippen LogP contribution in [0.15, 0.2) is 71.1 Å². The van der Waals surface area contributed by atoms with Crippen molar-refractivity contribution >= 4 is 34.5 Å². The van der Waals surface area contributed by atoms with Crippen molar-refractivity contribution in [2.24, 2.45) is 0 Å². The number of furan rings is 1. The van der Waals surface area contributed by atoms with E-state index < -0.39 is 7.12 Å². The highest BCUT2D eigenvalue weighted by atomic mass is 16.4. The molecular weight excluding hydrogens is 275 g/mol. The molecule has 0 saturated carbocycles. The maximum Gasteiger partial charge on any atom is 0.527 e. The molecule has 0 amide bonds. The molecule has 22 heavy (non-hydrogen) atoms. The van der Waals surface area contributed by atoms with Crippen LogP contribution in [0.3, 0.4) is 0 Å². The quantitative estimate of drug-likeness (QED) is 0.558. The van der Waals surface area contributed by atoms with Crippen LogP contribution >= 0.6 is 0 Å². The van der Waals surface area contributed by atoms with Crippen LogP contribution in [-0.2, 0) is 0 Å². The molecule has 106 valence electrons. The zero-order valence-electron chi connectivity index (χ0n) is 11.7. The summed E-state index contributed by atoms with van der Waals surface area (Å²) in [6.07, 6.45) is 0. The van der Waals surface area contributed by atoms with E-state index in [4.69, 9.17) is 4.42 Å². The van der Waals surface area contributed by atoms with E-state index in [1.54, 1.807) is 0 Å². The Morgan fingerprint density at radius 3 is 2.23 bits per heavy atom. The first kappa shape index (κ1) is 13.1. The fourth-order valence-corrected chi connectivity index (χ4v) is 2.97. The molecular formula is C18H13BO3. The Labute approximate surface area is 127 Å². The molecule has 1 heterocycles. The maximum atomic E-state index is 9.70. The van der Waals surface area contributed by atoms with E-state index >= 15 is 0 Å². The van der Waals surface area contributed by atoms with Crippen molar-refractivity contribution in [3.63, 3.8) is 0 Å². The summed E-state index contributed by atoms with van der Waals surface area (Å²) in [6.45, 7) is 0. The molecule has 0 saturated heterocycles. The third kappa shape index (κ3) is 1.93. The summed E-state index contributed by atoms with van der Waals surface area (Å²) in [5.41, 5.74) is 2.50. The smallest absolute Gasteiger partial charge is 0.464 e. The highest BCUT2D eigenvalue weighted by Gasteiger charge is 2.25. The first-order chi connectivity index (χ1) is 10.8. The second kappa shape index (κ2) is 5.02. The molecule has 0 aliphatic carbocycles. The highest BCUT2D eigenvalue weighted by molar-refractivity contribution is 6.60. The van der Waals surface area contributed by atoms with Crippen molar-refractivity contribution < 1.29 is 14.5 Å². The van der Waals surface area contributed by atoms with Crippen LogP contribution in [0.4, 0.5) is 0 Å². The standard InChI is InChI=1S/C18H13BO3/c20-19(21)18-17(15-9-3-4-11-16(15)22-18)14-10-5-7-12-6-1-2-8-13(12)14/h1-11,20-21H. The molecule has 4 rings (SSSR count). The van der Waals surface area contributed by atoms with Crippen molar-refractivity contribution in [3.05, 3.63) is 66.7 Å². The summed E-state index contributed by atoms with van der Waals surface area (Å²) < 4.78 is 5.66. The van der Waals surface area contributed by atoms with Crippen LogP contribution in [0.25, 0.3) is 32.9 Å². The lowest BCUT2D eigenvalue weighted by atomic mass is 9.81. The topological polar surface area (TPSA) is 53.6 Å². The Morgan fingerprint density at radius 1 is 0.727 bits per heavy atom. The third-order valence-corrected chi connectivity index (χ3v) is 3.92. The normalized spacial score (nSPS) is 11.2. The zero-order valence-corrected chi connectivity index (χ0v) is 11.7. The van der Waals surface area contributed by atoms with Gasteiger partial charge in [0.1, 0.15) is 11.2 Å². The van der Waals surface area contributed by atoms with E-state index in [-0.39, 0.29) is 5.66 Å². The molecule has 0 aliphatic heterocycles. The first-order valence-corrected chi connectivity index (χ1v) is 7.11. The molecule has 0 fully saturated rings. The Morgan fingerprint density at radius 2 is 1.41 bits per heavy atom. The Bertz CT molecular complexity index is 967. The van der Waals surface area contributed by atoms with E-state index in [0.717, 1.165) is 27.3 Å². The van der Waals surface area contributed by atoms with Crippen LogP contribution in [0.1, 0.15) is 0 Å². The Kier molecular flexibility index (Phi) is 3.00. The zero-order chi connectivity index (χ0) is 15.1. The van der Waals surface area contributed by atoms with E-state index in [9.17, 15) is 10.0 Å². The summed E-state index contributed by atoms with van der Waals surface area (Å²) in [4.78, 5) is 0. The molecule has 0 atom stereocenters. The van der Waals surface area contributed by atoms with Gasteiger partial charge in [-0.1, -0.05) is 60.7 Å². The third-order valence-electron chi connectivity index (χ3n) is 3.92. The minimum atomic E-state index is -1.65. The molecule has 3 nitrogen and oxygen atoms in total. The average molecular weight is 288 g/mol. The summed E-state index contributed by atoms with van der Waals surface area (Å²) in [6, 6.07) is 21.6. The van der Waals surface area contributed by atoms with Gasteiger partial charge in [-0.05, 0) is 22.4 Å². The fraction of sp³-hybridized carbons (Fsp3) is 0. The lowest BCUT2D eigenvalue weighted by molar-refractivity contribution is 0.413. The van der Waals surface area contributed by atoms with E-state index in [1.165, 1.54) is 0 Å². The maximum absolute atomic E-state index is 9.70. The first-order valence-electron chi connectivity index (χ1n) is 7.11. The molecule has 4 heteroatoms. The molecule has 0 unspecified atom stereocenters. The second-order valence-electron chi connectivity index (χ2n) is 5.24. The van der Waals surface area contributed by atoms with Gasteiger partial charge < -0.3 is 14.5 Å². The molecule has 0 radical (unpaired) electrons.